The fourth-order valence-corrected chi connectivity index (χ4v) is 4.84. The van der Waals surface area contributed by atoms with E-state index in [0.29, 0.717) is 5.69 Å². The summed E-state index contributed by atoms with van der Waals surface area (Å²) in [5, 5.41) is 8.48. The molecule has 2 aromatic carbocycles. The molecule has 0 saturated heterocycles. The molecule has 0 spiro atoms. The van der Waals surface area contributed by atoms with Crippen molar-refractivity contribution in [3.63, 3.8) is 0 Å². The molecule has 0 aliphatic carbocycles. The standard InChI is InChI=1S/C27H29F5N6O2/c1-17(2)26(12-36-15-33-14-34-36,23-10-5-20(29)11-24(23)30)19(4)38-25(39)37(16-35-38)21-6-8-22(9-7-21)40-13-27(31,32)18(3)28/h5-11,14-19H,12-13H2,1-4H3/t18?,19-,26-/m1/s1. The first-order chi connectivity index (χ1) is 18.9. The van der Waals surface area contributed by atoms with E-state index in [-0.39, 0.29) is 23.8 Å². The van der Waals surface area contributed by atoms with E-state index in [0.717, 1.165) is 13.0 Å². The maximum absolute atomic E-state index is 15.3. The van der Waals surface area contributed by atoms with Crippen molar-refractivity contribution in [3.8, 4) is 11.4 Å². The lowest BCUT2D eigenvalue weighted by Gasteiger charge is -2.42. The number of hydrogen-bond acceptors (Lipinski definition) is 5. The summed E-state index contributed by atoms with van der Waals surface area (Å²) < 4.78 is 78.3. The van der Waals surface area contributed by atoms with Crippen molar-refractivity contribution >= 4 is 0 Å². The van der Waals surface area contributed by atoms with Crippen LogP contribution in [0.5, 0.6) is 5.75 Å². The number of aromatic nitrogens is 6. The van der Waals surface area contributed by atoms with Gasteiger partial charge in [-0.1, -0.05) is 19.9 Å². The fourth-order valence-electron chi connectivity index (χ4n) is 4.84. The maximum atomic E-state index is 15.3. The second-order valence-corrected chi connectivity index (χ2v) is 9.98. The van der Waals surface area contributed by atoms with Crippen LogP contribution in [-0.4, -0.2) is 47.8 Å². The highest BCUT2D eigenvalue weighted by Crippen LogP contribution is 2.44. The Morgan fingerprint density at radius 1 is 0.975 bits per heavy atom. The minimum absolute atomic E-state index is 0.0660. The Morgan fingerprint density at radius 2 is 1.68 bits per heavy atom. The highest BCUT2D eigenvalue weighted by Gasteiger charge is 2.46. The average Bonchev–Trinajstić information content (AvgIpc) is 3.55. The Kier molecular flexibility index (Phi) is 8.13. The third-order valence-electron chi connectivity index (χ3n) is 7.29. The van der Waals surface area contributed by atoms with Crippen LogP contribution in [0.4, 0.5) is 22.0 Å². The normalized spacial score (nSPS) is 15.2. The monoisotopic (exact) mass is 564 g/mol. The van der Waals surface area contributed by atoms with Gasteiger partial charge in [0, 0.05) is 11.5 Å². The van der Waals surface area contributed by atoms with E-state index >= 15 is 4.39 Å². The van der Waals surface area contributed by atoms with Crippen molar-refractivity contribution < 1.29 is 26.7 Å². The summed E-state index contributed by atoms with van der Waals surface area (Å²) in [6.45, 7) is 5.18. The van der Waals surface area contributed by atoms with Gasteiger partial charge in [-0.3, -0.25) is 4.68 Å². The zero-order chi connectivity index (χ0) is 29.2. The summed E-state index contributed by atoms with van der Waals surface area (Å²) in [6.07, 6.45) is 1.73. The van der Waals surface area contributed by atoms with E-state index in [4.69, 9.17) is 4.74 Å². The van der Waals surface area contributed by atoms with Gasteiger partial charge in [-0.25, -0.2) is 32.2 Å². The van der Waals surface area contributed by atoms with E-state index in [1.807, 2.05) is 13.8 Å². The Balaban J connectivity index is 1.71. The van der Waals surface area contributed by atoms with Crippen molar-refractivity contribution in [3.05, 3.63) is 89.1 Å². The van der Waals surface area contributed by atoms with Crippen molar-refractivity contribution in [2.24, 2.45) is 5.92 Å². The highest BCUT2D eigenvalue weighted by atomic mass is 19.3. The molecular weight excluding hydrogens is 535 g/mol. The first-order valence-corrected chi connectivity index (χ1v) is 12.6. The molecule has 0 radical (unpaired) electrons. The predicted molar refractivity (Wildman–Crippen MR) is 136 cm³/mol. The van der Waals surface area contributed by atoms with Crippen molar-refractivity contribution in [1.29, 1.82) is 0 Å². The number of hydrogen-bond donors (Lipinski definition) is 0. The SMILES string of the molecule is CC(F)C(F)(F)COc1ccc(-n2cnn([C@H](C)[C@](Cn3cncn3)(c3ccc(F)cc3F)C(C)C)c2=O)cc1. The van der Waals surface area contributed by atoms with Crippen LogP contribution in [0.1, 0.15) is 39.3 Å². The molecule has 13 heteroatoms. The second kappa shape index (κ2) is 11.2. The summed E-state index contributed by atoms with van der Waals surface area (Å²) >= 11 is 0. The largest absolute Gasteiger partial charge is 0.487 e. The molecule has 1 unspecified atom stereocenters. The summed E-state index contributed by atoms with van der Waals surface area (Å²) in [5.41, 5.74) is -1.12. The van der Waals surface area contributed by atoms with Crippen LogP contribution in [0.15, 0.2) is 66.2 Å². The van der Waals surface area contributed by atoms with E-state index in [1.165, 1.54) is 69.3 Å². The number of halogens is 5. The first-order valence-electron chi connectivity index (χ1n) is 12.6. The number of benzene rings is 2. The Morgan fingerprint density at radius 3 is 2.25 bits per heavy atom. The molecule has 0 aliphatic heterocycles. The van der Waals surface area contributed by atoms with Gasteiger partial charge < -0.3 is 4.74 Å². The molecule has 214 valence electrons. The van der Waals surface area contributed by atoms with Gasteiger partial charge in [-0.05, 0) is 55.7 Å². The van der Waals surface area contributed by atoms with Crippen molar-refractivity contribution in [2.75, 3.05) is 6.61 Å². The first kappa shape index (κ1) is 29.0. The summed E-state index contributed by atoms with van der Waals surface area (Å²) in [5.74, 6) is -5.37. The molecule has 2 aromatic heterocycles. The molecule has 3 atom stereocenters. The van der Waals surface area contributed by atoms with E-state index in [1.54, 1.807) is 6.92 Å². The van der Waals surface area contributed by atoms with Crippen LogP contribution in [0.25, 0.3) is 5.69 Å². The lowest BCUT2D eigenvalue weighted by molar-refractivity contribution is -0.0941. The van der Waals surface area contributed by atoms with Gasteiger partial charge >= 0.3 is 11.6 Å². The summed E-state index contributed by atoms with van der Waals surface area (Å²) in [6, 6.07) is 8.26. The van der Waals surface area contributed by atoms with E-state index in [2.05, 4.69) is 15.2 Å². The van der Waals surface area contributed by atoms with E-state index in [9.17, 15) is 22.4 Å². The minimum atomic E-state index is -3.65. The zero-order valence-electron chi connectivity index (χ0n) is 22.3. The van der Waals surface area contributed by atoms with Crippen LogP contribution in [-0.2, 0) is 12.0 Å². The number of ether oxygens (including phenoxy) is 1. The molecule has 0 aliphatic rings. The van der Waals surface area contributed by atoms with Gasteiger partial charge in [0.1, 0.15) is 36.4 Å². The highest BCUT2D eigenvalue weighted by molar-refractivity contribution is 5.37. The second-order valence-electron chi connectivity index (χ2n) is 9.98. The Hall–Kier alpha value is -4.03. The molecule has 0 saturated carbocycles. The smallest absolute Gasteiger partial charge is 0.350 e. The molecule has 0 fully saturated rings. The Labute approximate surface area is 227 Å². The van der Waals surface area contributed by atoms with Gasteiger partial charge in [0.25, 0.3) is 0 Å². The average molecular weight is 565 g/mol. The minimum Gasteiger partial charge on any atom is -0.487 e. The maximum Gasteiger partial charge on any atom is 0.350 e. The molecule has 2 heterocycles. The zero-order valence-corrected chi connectivity index (χ0v) is 22.3. The lowest BCUT2D eigenvalue weighted by Crippen LogP contribution is -2.47. The van der Waals surface area contributed by atoms with Gasteiger partial charge in [0.15, 0.2) is 12.8 Å². The molecule has 4 aromatic rings. The van der Waals surface area contributed by atoms with Crippen LogP contribution in [0.2, 0.25) is 0 Å². The van der Waals surface area contributed by atoms with Gasteiger partial charge in [0.2, 0.25) is 0 Å². The molecule has 4 rings (SSSR count). The number of alkyl halides is 3. The molecular formula is C27H29F5N6O2. The number of rotatable bonds is 11. The number of nitrogens with zero attached hydrogens (tertiary/aromatic N) is 6. The quantitative estimate of drug-likeness (QED) is 0.236. The summed E-state index contributed by atoms with van der Waals surface area (Å²) in [7, 11) is 0. The van der Waals surface area contributed by atoms with E-state index < -0.39 is 47.5 Å². The van der Waals surface area contributed by atoms with Crippen LogP contribution < -0.4 is 10.4 Å². The molecule has 8 nitrogen and oxygen atoms in total. The fraction of sp³-hybridized carbons (Fsp3) is 0.407. The van der Waals surface area contributed by atoms with Crippen molar-refractivity contribution in [1.82, 2.24) is 29.1 Å². The van der Waals surface area contributed by atoms with Crippen molar-refractivity contribution in [2.45, 2.75) is 57.8 Å². The van der Waals surface area contributed by atoms with Crippen LogP contribution >= 0.6 is 0 Å². The van der Waals surface area contributed by atoms with Gasteiger partial charge in [-0.15, -0.1) is 0 Å². The molecule has 0 bridgehead atoms. The third kappa shape index (κ3) is 5.50. The van der Waals surface area contributed by atoms with Gasteiger partial charge in [-0.2, -0.15) is 19.0 Å². The van der Waals surface area contributed by atoms with Crippen LogP contribution in [0, 0.1) is 17.6 Å². The topological polar surface area (TPSA) is 79.8 Å². The summed E-state index contributed by atoms with van der Waals surface area (Å²) in [4.78, 5) is 17.5. The van der Waals surface area contributed by atoms with Gasteiger partial charge in [0.05, 0.1) is 18.3 Å². The lowest BCUT2D eigenvalue weighted by atomic mass is 9.66. The van der Waals surface area contributed by atoms with Crippen LogP contribution in [0.3, 0.4) is 0 Å². The molecule has 0 N–H and O–H groups in total. The third-order valence-corrected chi connectivity index (χ3v) is 7.29. The predicted octanol–water partition coefficient (Wildman–Crippen LogP) is 5.13. The Bertz CT molecular complexity index is 1480. The molecule has 40 heavy (non-hydrogen) atoms. The molecule has 0 amide bonds.